The van der Waals surface area contributed by atoms with E-state index in [2.05, 4.69) is 47.5 Å². The Bertz CT molecular complexity index is 474. The highest BCUT2D eigenvalue weighted by Crippen LogP contribution is 2.31. The Hall–Kier alpha value is -1.91. The Morgan fingerprint density at radius 3 is 2.65 bits per heavy atom. The largest absolute Gasteiger partial charge is 0.485 e. The van der Waals surface area contributed by atoms with Crippen molar-refractivity contribution in [2.75, 3.05) is 0 Å². The molecule has 0 saturated heterocycles. The van der Waals surface area contributed by atoms with Gasteiger partial charge < -0.3 is 4.74 Å². The van der Waals surface area contributed by atoms with Gasteiger partial charge in [0.25, 0.3) is 0 Å². The van der Waals surface area contributed by atoms with Gasteiger partial charge in [0.1, 0.15) is 5.75 Å². The van der Waals surface area contributed by atoms with Gasteiger partial charge in [-0.3, -0.25) is 0 Å². The normalized spacial score (nSPS) is 11.5. The van der Waals surface area contributed by atoms with Crippen LogP contribution in [-0.2, 0) is 12.0 Å². The zero-order valence-electron chi connectivity index (χ0n) is 10.3. The van der Waals surface area contributed by atoms with Crippen LogP contribution in [0.4, 0.5) is 0 Å². The summed E-state index contributed by atoms with van der Waals surface area (Å²) in [7, 11) is 0. The number of H-pyrrole nitrogens is 1. The van der Waals surface area contributed by atoms with Crippen molar-refractivity contribution in [3.63, 3.8) is 0 Å². The summed E-state index contributed by atoms with van der Waals surface area (Å²) in [5.41, 5.74) is 1.22. The second-order valence-electron chi connectivity index (χ2n) is 4.86. The molecule has 1 heterocycles. The highest BCUT2D eigenvalue weighted by atomic mass is 16.5. The van der Waals surface area contributed by atoms with Crippen molar-refractivity contribution in [1.29, 1.82) is 0 Å². The molecule has 0 fully saturated rings. The van der Waals surface area contributed by atoms with E-state index in [1.54, 1.807) is 0 Å². The zero-order chi connectivity index (χ0) is 12.3. The molecular weight excluding hydrogens is 216 g/mol. The van der Waals surface area contributed by atoms with Gasteiger partial charge in [-0.25, -0.2) is 0 Å². The quantitative estimate of drug-likeness (QED) is 0.880. The second kappa shape index (κ2) is 4.53. The van der Waals surface area contributed by atoms with Gasteiger partial charge in [-0.15, -0.1) is 10.2 Å². The molecule has 5 nitrogen and oxygen atoms in total. The van der Waals surface area contributed by atoms with Gasteiger partial charge in [0.05, 0.1) is 0 Å². The van der Waals surface area contributed by atoms with Crippen molar-refractivity contribution in [1.82, 2.24) is 20.6 Å². The molecule has 17 heavy (non-hydrogen) atoms. The minimum absolute atomic E-state index is 0.0495. The van der Waals surface area contributed by atoms with Crippen molar-refractivity contribution >= 4 is 0 Å². The topological polar surface area (TPSA) is 63.7 Å². The van der Waals surface area contributed by atoms with E-state index in [1.807, 2.05) is 18.2 Å². The molecule has 0 spiro atoms. The number of rotatable bonds is 3. The molecule has 1 N–H and O–H groups in total. The zero-order valence-corrected chi connectivity index (χ0v) is 10.3. The Morgan fingerprint density at radius 1 is 1.24 bits per heavy atom. The lowest BCUT2D eigenvalue weighted by atomic mass is 9.86. The van der Waals surface area contributed by atoms with Crippen molar-refractivity contribution in [3.05, 3.63) is 35.7 Å². The molecular formula is C12H16N4O. The molecule has 0 aliphatic heterocycles. The summed E-state index contributed by atoms with van der Waals surface area (Å²) >= 11 is 0. The lowest BCUT2D eigenvalue weighted by molar-refractivity contribution is 0.288. The summed E-state index contributed by atoms with van der Waals surface area (Å²) in [6, 6.07) is 8.01. The first-order valence-electron chi connectivity index (χ1n) is 5.52. The second-order valence-corrected chi connectivity index (χ2v) is 4.86. The number of hydrogen-bond donors (Lipinski definition) is 1. The van der Waals surface area contributed by atoms with Crippen molar-refractivity contribution in [2.45, 2.75) is 32.8 Å². The fourth-order valence-corrected chi connectivity index (χ4v) is 1.60. The average molecular weight is 232 g/mol. The predicted octanol–water partition coefficient (Wildman–Crippen LogP) is 2.08. The van der Waals surface area contributed by atoms with Crippen LogP contribution in [0.25, 0.3) is 0 Å². The smallest absolute Gasteiger partial charge is 0.211 e. The highest BCUT2D eigenvalue weighted by molar-refractivity contribution is 5.38. The number of aromatic nitrogens is 4. The van der Waals surface area contributed by atoms with Crippen LogP contribution >= 0.6 is 0 Å². The Labute approximate surface area is 100 Å². The van der Waals surface area contributed by atoms with Crippen LogP contribution < -0.4 is 4.74 Å². The number of tetrazole rings is 1. The first-order chi connectivity index (χ1) is 8.07. The third kappa shape index (κ3) is 2.81. The average Bonchev–Trinajstić information content (AvgIpc) is 2.78. The number of hydrogen-bond acceptors (Lipinski definition) is 4. The number of nitrogens with zero attached hydrogens (tertiary/aromatic N) is 3. The molecule has 2 aromatic rings. The fourth-order valence-electron chi connectivity index (χ4n) is 1.60. The van der Waals surface area contributed by atoms with Crippen LogP contribution in [0, 0.1) is 0 Å². The molecule has 0 atom stereocenters. The van der Waals surface area contributed by atoms with Crippen LogP contribution in [0.2, 0.25) is 0 Å². The molecule has 0 saturated carbocycles. The van der Waals surface area contributed by atoms with Crippen molar-refractivity contribution < 1.29 is 4.74 Å². The van der Waals surface area contributed by atoms with Crippen LogP contribution in [0.15, 0.2) is 24.3 Å². The molecule has 0 radical (unpaired) electrons. The summed E-state index contributed by atoms with van der Waals surface area (Å²) in [6.07, 6.45) is 0. The maximum absolute atomic E-state index is 5.72. The van der Waals surface area contributed by atoms with Crippen LogP contribution in [0.5, 0.6) is 5.75 Å². The Balaban J connectivity index is 2.16. The molecule has 0 aliphatic rings. The van der Waals surface area contributed by atoms with E-state index in [0.717, 1.165) is 5.75 Å². The monoisotopic (exact) mass is 232 g/mol. The number of para-hydroxylation sites is 1. The van der Waals surface area contributed by atoms with E-state index < -0.39 is 0 Å². The molecule has 1 aromatic carbocycles. The van der Waals surface area contributed by atoms with E-state index in [0.29, 0.717) is 12.4 Å². The molecule has 5 heteroatoms. The Morgan fingerprint density at radius 2 is 2.00 bits per heavy atom. The lowest BCUT2D eigenvalue weighted by Crippen LogP contribution is -2.13. The van der Waals surface area contributed by atoms with E-state index in [-0.39, 0.29) is 5.41 Å². The number of ether oxygens (including phenoxy) is 1. The first kappa shape index (κ1) is 11.6. The summed E-state index contributed by atoms with van der Waals surface area (Å²) in [6.45, 7) is 6.79. The third-order valence-electron chi connectivity index (χ3n) is 2.44. The van der Waals surface area contributed by atoms with Crippen LogP contribution in [0.1, 0.15) is 32.2 Å². The minimum atomic E-state index is 0.0495. The molecule has 2 rings (SSSR count). The first-order valence-corrected chi connectivity index (χ1v) is 5.52. The van der Waals surface area contributed by atoms with Crippen molar-refractivity contribution in [3.8, 4) is 5.75 Å². The van der Waals surface area contributed by atoms with E-state index in [4.69, 9.17) is 4.74 Å². The van der Waals surface area contributed by atoms with Gasteiger partial charge in [-0.2, -0.15) is 5.21 Å². The SMILES string of the molecule is CC(C)(C)c1ccccc1OCc1nn[nH]n1. The van der Waals surface area contributed by atoms with Gasteiger partial charge in [-0.1, -0.05) is 44.2 Å². The van der Waals surface area contributed by atoms with Gasteiger partial charge >= 0.3 is 0 Å². The molecule has 0 unspecified atom stereocenters. The van der Waals surface area contributed by atoms with Crippen LogP contribution in [-0.4, -0.2) is 20.6 Å². The molecule has 1 aromatic heterocycles. The standard InChI is InChI=1S/C12H16N4O/c1-12(2,3)9-6-4-5-7-10(9)17-8-11-13-15-16-14-11/h4-7H,8H2,1-3H3,(H,13,14,15,16). The van der Waals surface area contributed by atoms with Gasteiger partial charge in [0.15, 0.2) is 6.61 Å². The number of aromatic amines is 1. The van der Waals surface area contributed by atoms with Gasteiger partial charge in [0, 0.05) is 0 Å². The van der Waals surface area contributed by atoms with Crippen LogP contribution in [0.3, 0.4) is 0 Å². The predicted molar refractivity (Wildman–Crippen MR) is 63.7 cm³/mol. The fraction of sp³-hybridized carbons (Fsp3) is 0.417. The Kier molecular flexibility index (Phi) is 3.08. The molecule has 0 bridgehead atoms. The maximum atomic E-state index is 5.72. The summed E-state index contributed by atoms with van der Waals surface area (Å²) in [5.74, 6) is 1.42. The molecule has 90 valence electrons. The summed E-state index contributed by atoms with van der Waals surface area (Å²) < 4.78 is 5.72. The molecule has 0 amide bonds. The van der Waals surface area contributed by atoms with E-state index in [1.165, 1.54) is 5.56 Å². The third-order valence-corrected chi connectivity index (χ3v) is 2.44. The summed E-state index contributed by atoms with van der Waals surface area (Å²) in [5, 5.41) is 13.6. The summed E-state index contributed by atoms with van der Waals surface area (Å²) in [4.78, 5) is 0. The van der Waals surface area contributed by atoms with Gasteiger partial charge in [0.2, 0.25) is 5.82 Å². The number of nitrogens with one attached hydrogen (secondary N) is 1. The maximum Gasteiger partial charge on any atom is 0.211 e. The molecule has 0 aliphatic carbocycles. The highest BCUT2D eigenvalue weighted by Gasteiger charge is 2.18. The lowest BCUT2D eigenvalue weighted by Gasteiger charge is -2.22. The number of benzene rings is 1. The van der Waals surface area contributed by atoms with E-state index >= 15 is 0 Å². The van der Waals surface area contributed by atoms with Gasteiger partial charge in [-0.05, 0) is 17.0 Å². The minimum Gasteiger partial charge on any atom is -0.485 e. The van der Waals surface area contributed by atoms with Crippen molar-refractivity contribution in [2.24, 2.45) is 0 Å². The van der Waals surface area contributed by atoms with E-state index in [9.17, 15) is 0 Å².